The molecule has 3 aromatic carbocycles. The molecule has 0 atom stereocenters. The zero-order valence-electron chi connectivity index (χ0n) is 11.7. The summed E-state index contributed by atoms with van der Waals surface area (Å²) >= 11 is 0. The smallest absolute Gasteiger partial charge is 0.162 e. The molecular formula is C16H15N3O3. The number of nitrogens with two attached hydrogens (primary N) is 3. The van der Waals surface area contributed by atoms with E-state index in [0.29, 0.717) is 17.2 Å². The highest BCUT2D eigenvalue weighted by molar-refractivity contribution is 5.99. The molecule has 112 valence electrons. The van der Waals surface area contributed by atoms with Crippen LogP contribution in [0.15, 0.2) is 54.6 Å². The van der Waals surface area contributed by atoms with Gasteiger partial charge in [-0.2, -0.15) is 17.7 Å². The molecule has 6 nitrogen and oxygen atoms in total. The Labute approximate surface area is 126 Å². The maximum absolute atomic E-state index is 5.48. The summed E-state index contributed by atoms with van der Waals surface area (Å²) in [5.41, 5.74) is 1.62. The summed E-state index contributed by atoms with van der Waals surface area (Å²) in [6.07, 6.45) is 0. The average molecular weight is 297 g/mol. The third-order valence-corrected chi connectivity index (χ3v) is 3.50. The topological polar surface area (TPSA) is 106 Å². The minimum atomic E-state index is 0.533. The normalized spacial score (nSPS) is 10.5. The quantitative estimate of drug-likeness (QED) is 0.638. The van der Waals surface area contributed by atoms with Crippen LogP contribution in [0, 0.1) is 0 Å². The first kappa shape index (κ1) is 14.2. The minimum absolute atomic E-state index is 0.533. The van der Waals surface area contributed by atoms with E-state index >= 15 is 0 Å². The van der Waals surface area contributed by atoms with E-state index in [4.69, 9.17) is 27.4 Å². The third-order valence-electron chi connectivity index (χ3n) is 3.50. The van der Waals surface area contributed by atoms with Crippen LogP contribution in [0.5, 0.6) is 17.2 Å². The maximum Gasteiger partial charge on any atom is 0.162 e. The maximum atomic E-state index is 5.48. The highest BCUT2D eigenvalue weighted by Crippen LogP contribution is 2.41. The van der Waals surface area contributed by atoms with Gasteiger partial charge < -0.3 is 14.5 Å². The van der Waals surface area contributed by atoms with E-state index in [9.17, 15) is 0 Å². The van der Waals surface area contributed by atoms with Crippen LogP contribution in [0.4, 0.5) is 0 Å². The SMILES string of the molecule is NOc1ccc(-c2cc(ON)c3ccccc3c2ON)cc1. The number of hydrogen-bond acceptors (Lipinski definition) is 6. The Morgan fingerprint density at radius 1 is 0.682 bits per heavy atom. The molecule has 0 saturated carbocycles. The van der Waals surface area contributed by atoms with Gasteiger partial charge in [-0.15, -0.1) is 0 Å². The summed E-state index contributed by atoms with van der Waals surface area (Å²) in [5.74, 6) is 17.6. The molecule has 0 heterocycles. The lowest BCUT2D eigenvalue weighted by Crippen LogP contribution is -2.07. The second kappa shape index (κ2) is 5.90. The van der Waals surface area contributed by atoms with Crippen LogP contribution in [-0.2, 0) is 0 Å². The minimum Gasteiger partial charge on any atom is -0.412 e. The molecule has 0 aliphatic heterocycles. The van der Waals surface area contributed by atoms with Crippen molar-refractivity contribution in [2.45, 2.75) is 0 Å². The van der Waals surface area contributed by atoms with Crippen molar-refractivity contribution in [1.82, 2.24) is 0 Å². The number of benzene rings is 3. The molecule has 6 N–H and O–H groups in total. The van der Waals surface area contributed by atoms with E-state index in [-0.39, 0.29) is 0 Å². The van der Waals surface area contributed by atoms with Crippen molar-refractivity contribution in [3.63, 3.8) is 0 Å². The predicted octanol–water partition coefficient (Wildman–Crippen LogP) is 2.26. The largest absolute Gasteiger partial charge is 0.412 e. The van der Waals surface area contributed by atoms with E-state index in [0.717, 1.165) is 21.9 Å². The first-order valence-electron chi connectivity index (χ1n) is 6.55. The lowest BCUT2D eigenvalue weighted by atomic mass is 9.98. The average Bonchev–Trinajstić information content (AvgIpc) is 2.60. The van der Waals surface area contributed by atoms with Crippen LogP contribution < -0.4 is 32.2 Å². The number of rotatable bonds is 4. The van der Waals surface area contributed by atoms with Gasteiger partial charge in [0.1, 0.15) is 5.75 Å². The summed E-state index contributed by atoms with van der Waals surface area (Å²) in [4.78, 5) is 14.8. The Kier molecular flexibility index (Phi) is 3.80. The van der Waals surface area contributed by atoms with E-state index in [2.05, 4.69) is 4.84 Å². The van der Waals surface area contributed by atoms with Gasteiger partial charge in [0.2, 0.25) is 0 Å². The monoisotopic (exact) mass is 297 g/mol. The molecule has 0 aliphatic rings. The van der Waals surface area contributed by atoms with Gasteiger partial charge in [-0.25, -0.2) is 0 Å². The van der Waals surface area contributed by atoms with E-state index in [1.165, 1.54) is 0 Å². The molecule has 0 aromatic heterocycles. The molecule has 3 aromatic rings. The molecule has 22 heavy (non-hydrogen) atoms. The molecular weight excluding hydrogens is 282 g/mol. The second-order valence-corrected chi connectivity index (χ2v) is 4.67. The standard InChI is InChI=1S/C16H15N3O3/c17-20-11-7-5-10(6-8-11)14-9-15(21-18)12-3-1-2-4-13(12)16(14)22-19/h1-9H,17-19H2. The number of hydrogen-bond donors (Lipinski definition) is 3. The fourth-order valence-electron chi connectivity index (χ4n) is 2.47. The van der Waals surface area contributed by atoms with Gasteiger partial charge in [-0.3, -0.25) is 0 Å². The van der Waals surface area contributed by atoms with Gasteiger partial charge in [0.25, 0.3) is 0 Å². The molecule has 0 fully saturated rings. The Morgan fingerprint density at radius 3 is 1.95 bits per heavy atom. The molecule has 6 heteroatoms. The predicted molar refractivity (Wildman–Crippen MR) is 83.8 cm³/mol. The molecule has 0 bridgehead atoms. The lowest BCUT2D eigenvalue weighted by Gasteiger charge is -2.14. The molecule has 0 radical (unpaired) electrons. The first-order chi connectivity index (χ1) is 10.8. The van der Waals surface area contributed by atoms with Gasteiger partial charge in [0.15, 0.2) is 11.5 Å². The number of fused-ring (bicyclic) bond motifs is 1. The van der Waals surface area contributed by atoms with Crippen LogP contribution in [0.2, 0.25) is 0 Å². The summed E-state index contributed by atoms with van der Waals surface area (Å²) in [5, 5.41) is 1.62. The first-order valence-corrected chi connectivity index (χ1v) is 6.55. The Morgan fingerprint density at radius 2 is 1.36 bits per heavy atom. The molecule has 0 amide bonds. The van der Waals surface area contributed by atoms with Crippen LogP contribution in [0.1, 0.15) is 0 Å². The summed E-state index contributed by atoms with van der Waals surface area (Å²) in [6.45, 7) is 0. The zero-order valence-corrected chi connectivity index (χ0v) is 11.7. The molecule has 0 unspecified atom stereocenters. The van der Waals surface area contributed by atoms with E-state index in [1.807, 2.05) is 36.4 Å². The fourth-order valence-corrected chi connectivity index (χ4v) is 2.47. The Hall–Kier alpha value is -2.80. The third kappa shape index (κ3) is 2.31. The van der Waals surface area contributed by atoms with Crippen LogP contribution in [-0.4, -0.2) is 0 Å². The molecule has 0 spiro atoms. The van der Waals surface area contributed by atoms with Crippen molar-refractivity contribution in [3.8, 4) is 28.4 Å². The highest BCUT2D eigenvalue weighted by Gasteiger charge is 2.15. The molecule has 3 rings (SSSR count). The van der Waals surface area contributed by atoms with Gasteiger partial charge in [0.05, 0.1) is 0 Å². The Bertz CT molecular complexity index is 804. The van der Waals surface area contributed by atoms with Crippen LogP contribution >= 0.6 is 0 Å². The van der Waals surface area contributed by atoms with Crippen molar-refractivity contribution < 1.29 is 14.5 Å². The van der Waals surface area contributed by atoms with Crippen molar-refractivity contribution >= 4 is 10.8 Å². The van der Waals surface area contributed by atoms with Gasteiger partial charge in [-0.1, -0.05) is 36.4 Å². The van der Waals surface area contributed by atoms with Crippen molar-refractivity contribution in [3.05, 3.63) is 54.6 Å². The summed E-state index contributed by atoms with van der Waals surface area (Å²) < 4.78 is 0. The van der Waals surface area contributed by atoms with E-state index < -0.39 is 0 Å². The lowest BCUT2D eigenvalue weighted by molar-refractivity contribution is 0.332. The summed E-state index contributed by atoms with van der Waals surface area (Å²) in [6, 6.07) is 16.5. The van der Waals surface area contributed by atoms with E-state index in [1.54, 1.807) is 18.2 Å². The van der Waals surface area contributed by atoms with Crippen LogP contribution in [0.3, 0.4) is 0 Å². The van der Waals surface area contributed by atoms with Crippen molar-refractivity contribution in [1.29, 1.82) is 0 Å². The highest BCUT2D eigenvalue weighted by atomic mass is 16.6. The van der Waals surface area contributed by atoms with Gasteiger partial charge >= 0.3 is 0 Å². The zero-order chi connectivity index (χ0) is 15.5. The fraction of sp³-hybridized carbons (Fsp3) is 0. The Balaban J connectivity index is 2.27. The van der Waals surface area contributed by atoms with Crippen LogP contribution in [0.25, 0.3) is 21.9 Å². The van der Waals surface area contributed by atoms with Crippen molar-refractivity contribution in [2.24, 2.45) is 17.7 Å². The van der Waals surface area contributed by atoms with Gasteiger partial charge in [-0.05, 0) is 23.8 Å². The molecule has 0 aliphatic carbocycles. The van der Waals surface area contributed by atoms with Crippen molar-refractivity contribution in [2.75, 3.05) is 0 Å². The second-order valence-electron chi connectivity index (χ2n) is 4.67. The molecule has 0 saturated heterocycles. The summed E-state index contributed by atoms with van der Waals surface area (Å²) in [7, 11) is 0. The van der Waals surface area contributed by atoms with Gasteiger partial charge in [0, 0.05) is 16.3 Å².